The van der Waals surface area contributed by atoms with E-state index >= 15 is 0 Å². The fourth-order valence-corrected chi connectivity index (χ4v) is 2.27. The number of ether oxygens (including phenoxy) is 1. The van der Waals surface area contributed by atoms with Crippen LogP contribution in [0.1, 0.15) is 22.7 Å². The molecule has 1 unspecified atom stereocenters. The summed E-state index contributed by atoms with van der Waals surface area (Å²) in [5.74, 6) is -0.260. The third-order valence-electron chi connectivity index (χ3n) is 3.36. The van der Waals surface area contributed by atoms with Gasteiger partial charge in [-0.1, -0.05) is 12.1 Å². The van der Waals surface area contributed by atoms with E-state index in [4.69, 9.17) is 4.74 Å². The molecule has 0 aliphatic rings. The quantitative estimate of drug-likeness (QED) is 0.922. The van der Waals surface area contributed by atoms with E-state index in [9.17, 15) is 8.78 Å². The van der Waals surface area contributed by atoms with Crippen molar-refractivity contribution >= 4 is 0 Å². The highest BCUT2D eigenvalue weighted by Gasteiger charge is 2.19. The molecule has 0 fully saturated rings. The first kappa shape index (κ1) is 14.5. The normalized spacial score (nSPS) is 12.2. The summed E-state index contributed by atoms with van der Waals surface area (Å²) in [4.78, 5) is 0. The summed E-state index contributed by atoms with van der Waals surface area (Å²) in [6.45, 7) is 1.88. The van der Waals surface area contributed by atoms with Gasteiger partial charge < -0.3 is 10.1 Å². The van der Waals surface area contributed by atoms with Crippen molar-refractivity contribution in [2.24, 2.45) is 0 Å². The number of methoxy groups -OCH3 is 1. The van der Waals surface area contributed by atoms with Gasteiger partial charge in [0.1, 0.15) is 17.4 Å². The van der Waals surface area contributed by atoms with Crippen molar-refractivity contribution in [2.45, 2.75) is 13.0 Å². The van der Waals surface area contributed by atoms with Gasteiger partial charge in [-0.25, -0.2) is 8.78 Å². The molecular formula is C16H17F2NO. The van der Waals surface area contributed by atoms with E-state index in [1.54, 1.807) is 25.2 Å². The predicted molar refractivity (Wildman–Crippen MR) is 75.0 cm³/mol. The summed E-state index contributed by atoms with van der Waals surface area (Å²) in [5.41, 5.74) is 2.08. The van der Waals surface area contributed by atoms with Crippen LogP contribution < -0.4 is 10.1 Å². The molecule has 2 nitrogen and oxygen atoms in total. The molecule has 2 aromatic rings. The van der Waals surface area contributed by atoms with E-state index in [0.29, 0.717) is 11.3 Å². The lowest BCUT2D eigenvalue weighted by atomic mass is 9.94. The van der Waals surface area contributed by atoms with Gasteiger partial charge in [-0.15, -0.1) is 0 Å². The molecular weight excluding hydrogens is 260 g/mol. The van der Waals surface area contributed by atoms with Gasteiger partial charge in [-0.3, -0.25) is 0 Å². The van der Waals surface area contributed by atoms with Crippen molar-refractivity contribution in [3.05, 3.63) is 64.7 Å². The highest BCUT2D eigenvalue weighted by Crippen LogP contribution is 2.29. The molecule has 1 atom stereocenters. The second-order valence-corrected chi connectivity index (χ2v) is 4.61. The molecule has 0 aliphatic carbocycles. The Balaban J connectivity index is 2.49. The van der Waals surface area contributed by atoms with Crippen molar-refractivity contribution < 1.29 is 13.5 Å². The zero-order chi connectivity index (χ0) is 14.7. The Hall–Kier alpha value is -1.94. The molecule has 106 valence electrons. The Labute approximate surface area is 117 Å². The van der Waals surface area contributed by atoms with Crippen LogP contribution in [-0.2, 0) is 0 Å². The minimum Gasteiger partial charge on any atom is -0.497 e. The number of benzene rings is 2. The zero-order valence-corrected chi connectivity index (χ0v) is 11.7. The monoisotopic (exact) mass is 277 g/mol. The Kier molecular flexibility index (Phi) is 4.35. The molecule has 0 aliphatic heterocycles. The minimum atomic E-state index is -0.406. The van der Waals surface area contributed by atoms with Gasteiger partial charge >= 0.3 is 0 Å². The van der Waals surface area contributed by atoms with E-state index < -0.39 is 6.04 Å². The number of halogens is 2. The molecule has 0 spiro atoms. The Bertz CT molecular complexity index is 613. The Morgan fingerprint density at radius 2 is 1.80 bits per heavy atom. The first-order valence-electron chi connectivity index (χ1n) is 6.33. The molecule has 20 heavy (non-hydrogen) atoms. The summed E-state index contributed by atoms with van der Waals surface area (Å²) in [6, 6.07) is 8.79. The summed E-state index contributed by atoms with van der Waals surface area (Å²) < 4.78 is 32.6. The highest BCUT2D eigenvalue weighted by molar-refractivity contribution is 5.40. The van der Waals surface area contributed by atoms with Gasteiger partial charge in [0.25, 0.3) is 0 Å². The molecule has 2 aromatic carbocycles. The highest BCUT2D eigenvalue weighted by atomic mass is 19.1. The Morgan fingerprint density at radius 3 is 2.40 bits per heavy atom. The van der Waals surface area contributed by atoms with Crippen molar-refractivity contribution in [3.63, 3.8) is 0 Å². The summed E-state index contributed by atoms with van der Waals surface area (Å²) in [6.07, 6.45) is 0. The SMILES string of the molecule is CNC(c1cc(F)ccc1C)c1ccc(OC)cc1F. The lowest BCUT2D eigenvalue weighted by molar-refractivity contribution is 0.410. The predicted octanol–water partition coefficient (Wildman–Crippen LogP) is 3.59. The van der Waals surface area contributed by atoms with E-state index in [1.807, 2.05) is 6.92 Å². The van der Waals surface area contributed by atoms with Crippen molar-refractivity contribution in [3.8, 4) is 5.75 Å². The molecule has 0 saturated heterocycles. The molecule has 0 radical (unpaired) electrons. The van der Waals surface area contributed by atoms with Crippen LogP contribution in [0.25, 0.3) is 0 Å². The number of aryl methyl sites for hydroxylation is 1. The van der Waals surface area contributed by atoms with Crippen molar-refractivity contribution in [2.75, 3.05) is 14.2 Å². The maximum atomic E-state index is 14.2. The summed E-state index contributed by atoms with van der Waals surface area (Å²) >= 11 is 0. The number of nitrogens with one attached hydrogen (secondary N) is 1. The van der Waals surface area contributed by atoms with Crippen LogP contribution in [0.3, 0.4) is 0 Å². The summed E-state index contributed by atoms with van der Waals surface area (Å²) in [5, 5.41) is 3.03. The van der Waals surface area contributed by atoms with Gasteiger partial charge in [0.05, 0.1) is 13.2 Å². The minimum absolute atomic E-state index is 0.334. The molecule has 1 N–H and O–H groups in total. The molecule has 0 aromatic heterocycles. The number of hydrogen-bond donors (Lipinski definition) is 1. The molecule has 0 amide bonds. The van der Waals surface area contributed by atoms with Crippen LogP contribution in [0, 0.1) is 18.6 Å². The maximum absolute atomic E-state index is 14.2. The van der Waals surface area contributed by atoms with E-state index in [2.05, 4.69) is 5.32 Å². The van der Waals surface area contributed by atoms with Crippen LogP contribution in [0.4, 0.5) is 8.78 Å². The van der Waals surface area contributed by atoms with E-state index in [-0.39, 0.29) is 11.6 Å². The van der Waals surface area contributed by atoms with Crippen LogP contribution in [0.5, 0.6) is 5.75 Å². The number of hydrogen-bond acceptors (Lipinski definition) is 2. The van der Waals surface area contributed by atoms with Crippen molar-refractivity contribution in [1.29, 1.82) is 0 Å². The molecule has 0 bridgehead atoms. The van der Waals surface area contributed by atoms with Gasteiger partial charge in [-0.2, -0.15) is 0 Å². The lowest BCUT2D eigenvalue weighted by Crippen LogP contribution is -2.20. The van der Waals surface area contributed by atoms with Crippen LogP contribution in [0.2, 0.25) is 0 Å². The fraction of sp³-hybridized carbons (Fsp3) is 0.250. The van der Waals surface area contributed by atoms with Crippen LogP contribution >= 0.6 is 0 Å². The first-order valence-corrected chi connectivity index (χ1v) is 6.33. The fourth-order valence-electron chi connectivity index (χ4n) is 2.27. The van der Waals surface area contributed by atoms with E-state index in [0.717, 1.165) is 11.1 Å². The molecule has 2 rings (SSSR count). The number of rotatable bonds is 4. The average Bonchev–Trinajstić information content (AvgIpc) is 2.44. The third-order valence-corrected chi connectivity index (χ3v) is 3.36. The molecule has 0 heterocycles. The van der Waals surface area contributed by atoms with Crippen LogP contribution in [-0.4, -0.2) is 14.2 Å². The van der Waals surface area contributed by atoms with Crippen LogP contribution in [0.15, 0.2) is 36.4 Å². The summed E-state index contributed by atoms with van der Waals surface area (Å²) in [7, 11) is 3.21. The zero-order valence-electron chi connectivity index (χ0n) is 11.7. The third kappa shape index (κ3) is 2.80. The van der Waals surface area contributed by atoms with Gasteiger partial charge in [0.15, 0.2) is 0 Å². The van der Waals surface area contributed by atoms with Gasteiger partial charge in [0.2, 0.25) is 0 Å². The second kappa shape index (κ2) is 6.01. The standard InChI is InChI=1S/C16H17F2NO/c1-10-4-5-11(17)8-14(10)16(19-2)13-7-6-12(20-3)9-15(13)18/h4-9,16,19H,1-3H3. The van der Waals surface area contributed by atoms with Gasteiger partial charge in [-0.05, 0) is 43.3 Å². The topological polar surface area (TPSA) is 21.3 Å². The lowest BCUT2D eigenvalue weighted by Gasteiger charge is -2.20. The smallest absolute Gasteiger partial charge is 0.132 e. The molecule has 0 saturated carbocycles. The first-order chi connectivity index (χ1) is 9.56. The largest absolute Gasteiger partial charge is 0.497 e. The molecule has 4 heteroatoms. The maximum Gasteiger partial charge on any atom is 0.132 e. The van der Waals surface area contributed by atoms with Gasteiger partial charge in [0, 0.05) is 11.6 Å². The second-order valence-electron chi connectivity index (χ2n) is 4.61. The van der Waals surface area contributed by atoms with E-state index in [1.165, 1.54) is 25.3 Å². The average molecular weight is 277 g/mol. The Morgan fingerprint density at radius 1 is 1.05 bits per heavy atom. The van der Waals surface area contributed by atoms with Crippen molar-refractivity contribution in [1.82, 2.24) is 5.32 Å².